The molecule has 0 aromatic rings. The second kappa shape index (κ2) is 5.75. The summed E-state index contributed by atoms with van der Waals surface area (Å²) < 4.78 is 4.96. The molecule has 0 aromatic heterocycles. The second-order valence-corrected chi connectivity index (χ2v) is 3.17. The lowest BCUT2D eigenvalue weighted by atomic mass is 10.1. The SMILES string of the molecule is [CH2]CC(O)CC(C)OC(=O)C(=C)C. The minimum atomic E-state index is -0.507. The van der Waals surface area contributed by atoms with Gasteiger partial charge in [-0.05, 0) is 20.3 Å². The first-order valence-electron chi connectivity index (χ1n) is 4.31. The normalized spacial score (nSPS) is 14.8. The lowest BCUT2D eigenvalue weighted by Gasteiger charge is -2.15. The number of aliphatic hydroxyl groups is 1. The third-order valence-electron chi connectivity index (χ3n) is 1.59. The van der Waals surface area contributed by atoms with Crippen LogP contribution in [0, 0.1) is 6.92 Å². The van der Waals surface area contributed by atoms with Gasteiger partial charge < -0.3 is 9.84 Å². The molecular weight excluding hydrogens is 168 g/mol. The molecule has 3 heteroatoms. The van der Waals surface area contributed by atoms with Gasteiger partial charge in [-0.2, -0.15) is 0 Å². The maximum Gasteiger partial charge on any atom is 0.333 e. The van der Waals surface area contributed by atoms with E-state index in [0.717, 1.165) is 0 Å². The maximum atomic E-state index is 11.0. The molecule has 2 unspecified atom stereocenters. The van der Waals surface area contributed by atoms with E-state index in [1.165, 1.54) is 0 Å². The van der Waals surface area contributed by atoms with Crippen LogP contribution < -0.4 is 0 Å². The predicted molar refractivity (Wildman–Crippen MR) is 51.0 cm³/mol. The average molecular weight is 185 g/mol. The molecule has 0 heterocycles. The van der Waals surface area contributed by atoms with E-state index < -0.39 is 12.1 Å². The molecule has 0 bridgehead atoms. The fraction of sp³-hybridized carbons (Fsp3) is 0.600. The molecule has 3 nitrogen and oxygen atoms in total. The van der Waals surface area contributed by atoms with Crippen LogP contribution in [0.25, 0.3) is 0 Å². The molecule has 1 radical (unpaired) electrons. The number of hydrogen-bond acceptors (Lipinski definition) is 3. The van der Waals surface area contributed by atoms with Gasteiger partial charge in [-0.25, -0.2) is 4.79 Å². The summed E-state index contributed by atoms with van der Waals surface area (Å²) in [6.07, 6.45) is 0.0474. The second-order valence-electron chi connectivity index (χ2n) is 3.17. The predicted octanol–water partition coefficient (Wildman–Crippen LogP) is 1.47. The highest BCUT2D eigenvalue weighted by Crippen LogP contribution is 2.07. The van der Waals surface area contributed by atoms with E-state index in [2.05, 4.69) is 13.5 Å². The molecule has 13 heavy (non-hydrogen) atoms. The summed E-state index contributed by atoms with van der Waals surface area (Å²) in [5.41, 5.74) is 0.371. The van der Waals surface area contributed by atoms with Gasteiger partial charge in [0.2, 0.25) is 0 Å². The van der Waals surface area contributed by atoms with Crippen molar-refractivity contribution >= 4 is 5.97 Å². The van der Waals surface area contributed by atoms with E-state index in [0.29, 0.717) is 18.4 Å². The zero-order chi connectivity index (χ0) is 10.4. The highest BCUT2D eigenvalue weighted by Gasteiger charge is 2.13. The van der Waals surface area contributed by atoms with Crippen molar-refractivity contribution in [2.24, 2.45) is 0 Å². The van der Waals surface area contributed by atoms with E-state index >= 15 is 0 Å². The molecule has 0 saturated carbocycles. The van der Waals surface area contributed by atoms with Gasteiger partial charge in [0.25, 0.3) is 0 Å². The topological polar surface area (TPSA) is 46.5 Å². The van der Waals surface area contributed by atoms with Crippen molar-refractivity contribution in [3.05, 3.63) is 19.1 Å². The van der Waals surface area contributed by atoms with Crippen molar-refractivity contribution in [3.8, 4) is 0 Å². The Bertz CT molecular complexity index is 187. The lowest BCUT2D eigenvalue weighted by molar-refractivity contribution is -0.144. The Morgan fingerprint density at radius 1 is 1.62 bits per heavy atom. The number of ether oxygens (including phenoxy) is 1. The van der Waals surface area contributed by atoms with Gasteiger partial charge in [0.15, 0.2) is 0 Å². The standard InChI is InChI=1S/C10H17O3/c1-5-9(11)6-8(4)13-10(12)7(2)3/h8-9,11H,1-2,5-6H2,3-4H3. The van der Waals surface area contributed by atoms with Gasteiger partial charge in [0.1, 0.15) is 6.10 Å². The fourth-order valence-corrected chi connectivity index (χ4v) is 0.832. The Morgan fingerprint density at radius 2 is 2.15 bits per heavy atom. The fourth-order valence-electron chi connectivity index (χ4n) is 0.832. The highest BCUT2D eigenvalue weighted by atomic mass is 16.5. The van der Waals surface area contributed by atoms with Crippen molar-refractivity contribution < 1.29 is 14.6 Å². The summed E-state index contributed by atoms with van der Waals surface area (Å²) >= 11 is 0. The molecule has 0 aliphatic carbocycles. The van der Waals surface area contributed by atoms with Gasteiger partial charge in [0, 0.05) is 12.0 Å². The number of carbonyl (C=O) groups excluding carboxylic acids is 1. The van der Waals surface area contributed by atoms with Crippen LogP contribution >= 0.6 is 0 Å². The molecule has 0 aliphatic rings. The molecule has 2 atom stereocenters. The van der Waals surface area contributed by atoms with Crippen molar-refractivity contribution in [2.75, 3.05) is 0 Å². The Hall–Kier alpha value is -0.830. The van der Waals surface area contributed by atoms with Crippen molar-refractivity contribution in [1.82, 2.24) is 0 Å². The van der Waals surface area contributed by atoms with E-state index in [-0.39, 0.29) is 6.10 Å². The van der Waals surface area contributed by atoms with Gasteiger partial charge in [-0.15, -0.1) is 0 Å². The summed E-state index contributed by atoms with van der Waals surface area (Å²) in [6, 6.07) is 0. The number of hydrogen-bond donors (Lipinski definition) is 1. The van der Waals surface area contributed by atoms with Crippen molar-refractivity contribution in [1.29, 1.82) is 0 Å². The number of esters is 1. The first-order chi connectivity index (χ1) is 5.97. The Balaban J connectivity index is 3.80. The first kappa shape index (κ1) is 12.2. The van der Waals surface area contributed by atoms with Gasteiger partial charge in [-0.1, -0.05) is 13.5 Å². The van der Waals surface area contributed by atoms with Crippen LogP contribution in [0.15, 0.2) is 12.2 Å². The third-order valence-corrected chi connectivity index (χ3v) is 1.59. The minimum Gasteiger partial charge on any atom is -0.459 e. The quantitative estimate of drug-likeness (QED) is 0.521. The molecule has 75 valence electrons. The van der Waals surface area contributed by atoms with Crippen LogP contribution in [0.1, 0.15) is 26.7 Å². The molecule has 0 amide bonds. The average Bonchev–Trinajstić information content (AvgIpc) is 2.03. The van der Waals surface area contributed by atoms with Crippen molar-refractivity contribution in [2.45, 2.75) is 38.9 Å². The first-order valence-corrected chi connectivity index (χ1v) is 4.31. The summed E-state index contributed by atoms with van der Waals surface area (Å²) in [5.74, 6) is -0.413. The number of carbonyl (C=O) groups is 1. The lowest BCUT2D eigenvalue weighted by Crippen LogP contribution is -2.21. The summed E-state index contributed by atoms with van der Waals surface area (Å²) in [4.78, 5) is 11.0. The van der Waals surface area contributed by atoms with Gasteiger partial charge in [0.05, 0.1) is 6.10 Å². The zero-order valence-corrected chi connectivity index (χ0v) is 8.25. The molecule has 0 fully saturated rings. The number of aliphatic hydroxyl groups excluding tert-OH is 1. The van der Waals surface area contributed by atoms with Crippen LogP contribution in [0.3, 0.4) is 0 Å². The molecule has 0 aliphatic heterocycles. The molecule has 0 aromatic carbocycles. The number of rotatable bonds is 5. The third kappa shape index (κ3) is 5.42. The van der Waals surface area contributed by atoms with Gasteiger partial charge in [-0.3, -0.25) is 0 Å². The Labute approximate surface area is 79.4 Å². The van der Waals surface area contributed by atoms with Crippen molar-refractivity contribution in [3.63, 3.8) is 0 Å². The van der Waals surface area contributed by atoms with Gasteiger partial charge >= 0.3 is 5.97 Å². The highest BCUT2D eigenvalue weighted by molar-refractivity contribution is 5.87. The molecule has 0 rings (SSSR count). The molecule has 0 spiro atoms. The van der Waals surface area contributed by atoms with E-state index in [1.54, 1.807) is 13.8 Å². The van der Waals surface area contributed by atoms with Crippen LogP contribution in [0.5, 0.6) is 0 Å². The van der Waals surface area contributed by atoms with Crippen LogP contribution in [-0.2, 0) is 9.53 Å². The van der Waals surface area contributed by atoms with E-state index in [4.69, 9.17) is 4.74 Å². The summed E-state index contributed by atoms with van der Waals surface area (Å²) in [6.45, 7) is 10.3. The largest absolute Gasteiger partial charge is 0.459 e. The molecular formula is C10H17O3. The zero-order valence-electron chi connectivity index (χ0n) is 8.25. The smallest absolute Gasteiger partial charge is 0.333 e. The summed E-state index contributed by atoms with van der Waals surface area (Å²) in [7, 11) is 0. The van der Waals surface area contributed by atoms with Crippen LogP contribution in [0.4, 0.5) is 0 Å². The van der Waals surface area contributed by atoms with E-state index in [9.17, 15) is 9.90 Å². The monoisotopic (exact) mass is 185 g/mol. The summed E-state index contributed by atoms with van der Waals surface area (Å²) in [5, 5.41) is 9.20. The Kier molecular flexibility index (Phi) is 5.39. The maximum absolute atomic E-state index is 11.0. The van der Waals surface area contributed by atoms with Crippen LogP contribution in [0.2, 0.25) is 0 Å². The van der Waals surface area contributed by atoms with E-state index in [1.807, 2.05) is 0 Å². The Morgan fingerprint density at radius 3 is 2.54 bits per heavy atom. The molecule has 0 saturated heterocycles. The molecule has 1 N–H and O–H groups in total. The minimum absolute atomic E-state index is 0.291. The van der Waals surface area contributed by atoms with Crippen LogP contribution in [-0.4, -0.2) is 23.3 Å².